The zero-order chi connectivity index (χ0) is 21.6. The van der Waals surface area contributed by atoms with Crippen LogP contribution in [0.2, 0.25) is 0 Å². The van der Waals surface area contributed by atoms with Crippen LogP contribution < -0.4 is 14.8 Å². The number of halogens is 1. The maximum atomic E-state index is 12.3. The van der Waals surface area contributed by atoms with Gasteiger partial charge in [-0.15, -0.1) is 0 Å². The van der Waals surface area contributed by atoms with Gasteiger partial charge in [0.25, 0.3) is 5.91 Å². The Kier molecular flexibility index (Phi) is 8.24. The summed E-state index contributed by atoms with van der Waals surface area (Å²) in [5.74, 6) is 0.145. The molecule has 0 saturated carbocycles. The number of nitrogens with one attached hydrogen (secondary N) is 2. The Morgan fingerprint density at radius 1 is 1.17 bits per heavy atom. The van der Waals surface area contributed by atoms with Crippen LogP contribution >= 0.6 is 15.9 Å². The van der Waals surface area contributed by atoms with Gasteiger partial charge in [-0.05, 0) is 74.2 Å². The Labute approximate surface area is 181 Å². The van der Waals surface area contributed by atoms with Gasteiger partial charge in [0.15, 0.2) is 6.61 Å². The highest BCUT2D eigenvalue weighted by atomic mass is 79.9. The van der Waals surface area contributed by atoms with Crippen molar-refractivity contribution in [3.63, 3.8) is 0 Å². The van der Waals surface area contributed by atoms with Crippen molar-refractivity contribution in [1.82, 2.24) is 4.72 Å². The van der Waals surface area contributed by atoms with E-state index in [9.17, 15) is 13.2 Å². The third-order valence-corrected chi connectivity index (χ3v) is 6.56. The van der Waals surface area contributed by atoms with Gasteiger partial charge in [0.2, 0.25) is 10.0 Å². The Morgan fingerprint density at radius 3 is 2.41 bits per heavy atom. The van der Waals surface area contributed by atoms with Gasteiger partial charge in [0.1, 0.15) is 5.75 Å². The average Bonchev–Trinajstić information content (AvgIpc) is 2.68. The van der Waals surface area contributed by atoms with Gasteiger partial charge in [-0.2, -0.15) is 0 Å². The zero-order valence-corrected chi connectivity index (χ0v) is 19.5. The van der Waals surface area contributed by atoms with Gasteiger partial charge < -0.3 is 10.1 Å². The highest BCUT2D eigenvalue weighted by Crippen LogP contribution is 2.26. The molecule has 0 saturated heterocycles. The molecule has 0 heterocycles. The zero-order valence-electron chi connectivity index (χ0n) is 17.1. The second-order valence-corrected chi connectivity index (χ2v) is 9.48. The van der Waals surface area contributed by atoms with E-state index >= 15 is 0 Å². The van der Waals surface area contributed by atoms with Crippen LogP contribution in [0.3, 0.4) is 0 Å². The normalized spacial score (nSPS) is 12.4. The SMILES string of the molecule is CCc1cc(Br)cc(C)c1NC(=O)COc1ccc(S(=O)(=O)N[C@@H](C)CC)cc1. The molecule has 0 spiro atoms. The fourth-order valence-electron chi connectivity index (χ4n) is 2.73. The van der Waals surface area contributed by atoms with Crippen molar-refractivity contribution in [2.45, 2.75) is 51.5 Å². The van der Waals surface area contributed by atoms with Crippen molar-refractivity contribution >= 4 is 37.5 Å². The highest BCUT2D eigenvalue weighted by molar-refractivity contribution is 9.10. The molecule has 1 amide bonds. The molecule has 158 valence electrons. The first-order chi connectivity index (χ1) is 13.7. The number of amides is 1. The van der Waals surface area contributed by atoms with Gasteiger partial charge in [0, 0.05) is 16.2 Å². The predicted molar refractivity (Wildman–Crippen MR) is 119 cm³/mol. The van der Waals surface area contributed by atoms with Crippen LogP contribution in [0.1, 0.15) is 38.3 Å². The summed E-state index contributed by atoms with van der Waals surface area (Å²) in [6, 6.07) is 9.80. The number of sulfonamides is 1. The number of ether oxygens (including phenoxy) is 1. The van der Waals surface area contributed by atoms with E-state index in [1.54, 1.807) is 12.1 Å². The number of aryl methyl sites for hydroxylation is 2. The number of hydrogen-bond donors (Lipinski definition) is 2. The first-order valence-corrected chi connectivity index (χ1v) is 11.8. The molecule has 8 heteroatoms. The van der Waals surface area contributed by atoms with Gasteiger partial charge in [-0.1, -0.05) is 29.8 Å². The fraction of sp³-hybridized carbons (Fsp3) is 0.381. The van der Waals surface area contributed by atoms with Crippen molar-refractivity contribution in [2.24, 2.45) is 0 Å². The Bertz CT molecular complexity index is 959. The van der Waals surface area contributed by atoms with Crippen molar-refractivity contribution in [2.75, 3.05) is 11.9 Å². The standard InChI is InChI=1S/C21H27BrN2O4S/c1-5-15(4)24-29(26,27)19-9-7-18(8-10-19)28-13-20(25)23-21-14(3)11-17(22)12-16(21)6-2/h7-12,15,24H,5-6,13H2,1-4H3,(H,23,25)/t15-/m0/s1. The minimum Gasteiger partial charge on any atom is -0.484 e. The van der Waals surface area contributed by atoms with Crippen molar-refractivity contribution < 1.29 is 17.9 Å². The van der Waals surface area contributed by atoms with E-state index in [2.05, 4.69) is 26.0 Å². The lowest BCUT2D eigenvalue weighted by molar-refractivity contribution is -0.118. The summed E-state index contributed by atoms with van der Waals surface area (Å²) in [5, 5.41) is 2.90. The summed E-state index contributed by atoms with van der Waals surface area (Å²) >= 11 is 3.47. The molecule has 0 fully saturated rings. The average molecular weight is 483 g/mol. The first kappa shape index (κ1) is 23.4. The number of hydrogen-bond acceptors (Lipinski definition) is 4. The van der Waals surface area contributed by atoms with Crippen molar-refractivity contribution in [1.29, 1.82) is 0 Å². The summed E-state index contributed by atoms with van der Waals surface area (Å²) in [7, 11) is -3.57. The molecule has 2 aromatic carbocycles. The van der Waals surface area contributed by atoms with E-state index in [4.69, 9.17) is 4.74 Å². The molecule has 0 aliphatic heterocycles. The molecular weight excluding hydrogens is 456 g/mol. The van der Waals surface area contributed by atoms with Crippen LogP contribution in [-0.2, 0) is 21.2 Å². The second-order valence-electron chi connectivity index (χ2n) is 6.85. The topological polar surface area (TPSA) is 84.5 Å². The molecule has 0 aliphatic carbocycles. The molecule has 0 bridgehead atoms. The highest BCUT2D eigenvalue weighted by Gasteiger charge is 2.16. The van der Waals surface area contributed by atoms with Crippen LogP contribution in [0, 0.1) is 6.92 Å². The fourth-order valence-corrected chi connectivity index (χ4v) is 4.67. The molecule has 0 aromatic heterocycles. The van der Waals surface area contributed by atoms with E-state index in [1.807, 2.05) is 39.8 Å². The minimum absolute atomic E-state index is 0.144. The number of anilines is 1. The van der Waals surface area contributed by atoms with E-state index in [0.29, 0.717) is 12.2 Å². The third-order valence-electron chi connectivity index (χ3n) is 4.50. The largest absolute Gasteiger partial charge is 0.484 e. The van der Waals surface area contributed by atoms with Crippen LogP contribution in [0.25, 0.3) is 0 Å². The second kappa shape index (κ2) is 10.2. The Morgan fingerprint density at radius 2 is 1.83 bits per heavy atom. The molecule has 1 atom stereocenters. The molecule has 2 rings (SSSR count). The van der Waals surface area contributed by atoms with E-state index in [-0.39, 0.29) is 23.5 Å². The molecular formula is C21H27BrN2O4S. The van der Waals surface area contributed by atoms with E-state index < -0.39 is 10.0 Å². The monoisotopic (exact) mass is 482 g/mol. The maximum Gasteiger partial charge on any atom is 0.262 e. The quantitative estimate of drug-likeness (QED) is 0.553. The van der Waals surface area contributed by atoms with Crippen LogP contribution in [0.4, 0.5) is 5.69 Å². The van der Waals surface area contributed by atoms with Crippen molar-refractivity contribution in [3.05, 3.63) is 52.0 Å². The summed E-state index contributed by atoms with van der Waals surface area (Å²) in [4.78, 5) is 12.5. The molecule has 29 heavy (non-hydrogen) atoms. The lowest BCUT2D eigenvalue weighted by Crippen LogP contribution is -2.31. The van der Waals surface area contributed by atoms with E-state index in [1.165, 1.54) is 12.1 Å². The summed E-state index contributed by atoms with van der Waals surface area (Å²) in [6.45, 7) is 7.51. The molecule has 2 N–H and O–H groups in total. The molecule has 0 radical (unpaired) electrons. The number of rotatable bonds is 9. The lowest BCUT2D eigenvalue weighted by Gasteiger charge is -2.15. The van der Waals surface area contributed by atoms with Crippen LogP contribution in [-0.4, -0.2) is 27.0 Å². The summed E-state index contributed by atoms with van der Waals surface area (Å²) in [5.41, 5.74) is 2.79. The van der Waals surface area contributed by atoms with E-state index in [0.717, 1.165) is 27.7 Å². The molecule has 0 unspecified atom stereocenters. The number of benzene rings is 2. The smallest absolute Gasteiger partial charge is 0.262 e. The summed E-state index contributed by atoms with van der Waals surface area (Å²) in [6.07, 6.45) is 1.49. The predicted octanol–water partition coefficient (Wildman–Crippen LogP) is 4.41. The Balaban J connectivity index is 2.00. The van der Waals surface area contributed by atoms with Gasteiger partial charge in [-0.3, -0.25) is 4.79 Å². The molecule has 6 nitrogen and oxygen atoms in total. The van der Waals surface area contributed by atoms with Gasteiger partial charge in [-0.25, -0.2) is 13.1 Å². The van der Waals surface area contributed by atoms with Crippen LogP contribution in [0.15, 0.2) is 45.8 Å². The third kappa shape index (κ3) is 6.55. The van der Waals surface area contributed by atoms with Crippen molar-refractivity contribution in [3.8, 4) is 5.75 Å². The molecule has 0 aliphatic rings. The van der Waals surface area contributed by atoms with Gasteiger partial charge >= 0.3 is 0 Å². The first-order valence-electron chi connectivity index (χ1n) is 9.50. The van der Waals surface area contributed by atoms with Crippen LogP contribution in [0.5, 0.6) is 5.75 Å². The maximum absolute atomic E-state index is 12.3. The van der Waals surface area contributed by atoms with Gasteiger partial charge in [0.05, 0.1) is 4.90 Å². The minimum atomic E-state index is -3.57. The number of carbonyl (C=O) groups is 1. The lowest BCUT2D eigenvalue weighted by atomic mass is 10.1. The Hall–Kier alpha value is -1.90. The number of carbonyl (C=O) groups excluding carboxylic acids is 1. The summed E-state index contributed by atoms with van der Waals surface area (Å²) < 4.78 is 33.6. The molecule has 2 aromatic rings.